The maximum atomic E-state index is 5.64. The minimum atomic E-state index is 0.244. The van der Waals surface area contributed by atoms with Crippen LogP contribution in [0, 0.1) is 0 Å². The summed E-state index contributed by atoms with van der Waals surface area (Å²) >= 11 is 2.06. The Bertz CT molecular complexity index is 344. The molecule has 0 amide bonds. The normalized spacial score (nSPS) is 20.1. The third-order valence-electron chi connectivity index (χ3n) is 3.05. The number of hydrogen-bond acceptors (Lipinski definition) is 3. The molecular weight excluding hydrogens is 242 g/mol. The van der Waals surface area contributed by atoms with Crippen molar-refractivity contribution in [2.75, 3.05) is 11.5 Å². The van der Waals surface area contributed by atoms with Crippen molar-refractivity contribution in [1.29, 1.82) is 0 Å². The van der Waals surface area contributed by atoms with E-state index in [0.29, 0.717) is 6.04 Å². The van der Waals surface area contributed by atoms with Gasteiger partial charge in [0, 0.05) is 18.3 Å². The second kappa shape index (κ2) is 7.05. The van der Waals surface area contributed by atoms with Crippen LogP contribution in [0.25, 0.3) is 0 Å². The van der Waals surface area contributed by atoms with E-state index in [4.69, 9.17) is 4.74 Å². The van der Waals surface area contributed by atoms with E-state index < -0.39 is 0 Å². The fourth-order valence-corrected chi connectivity index (χ4v) is 3.23. The van der Waals surface area contributed by atoms with Crippen LogP contribution < -0.4 is 10.1 Å². The van der Waals surface area contributed by atoms with Crippen LogP contribution in [-0.2, 0) is 6.54 Å². The van der Waals surface area contributed by atoms with Gasteiger partial charge >= 0.3 is 0 Å². The molecule has 0 saturated carbocycles. The average molecular weight is 265 g/mol. The highest BCUT2D eigenvalue weighted by Crippen LogP contribution is 2.18. The molecule has 1 N–H and O–H groups in total. The first-order valence-electron chi connectivity index (χ1n) is 6.81. The van der Waals surface area contributed by atoms with E-state index in [0.717, 1.165) is 12.3 Å². The van der Waals surface area contributed by atoms with Gasteiger partial charge in [0.25, 0.3) is 0 Å². The zero-order valence-corrected chi connectivity index (χ0v) is 12.1. The summed E-state index contributed by atoms with van der Waals surface area (Å²) in [5.41, 5.74) is 1.33. The smallest absolute Gasteiger partial charge is 0.119 e. The first-order valence-corrected chi connectivity index (χ1v) is 7.96. The van der Waals surface area contributed by atoms with Crippen LogP contribution in [0.3, 0.4) is 0 Å². The fourth-order valence-electron chi connectivity index (χ4n) is 2.12. The predicted molar refractivity (Wildman–Crippen MR) is 79.4 cm³/mol. The van der Waals surface area contributed by atoms with Crippen molar-refractivity contribution in [1.82, 2.24) is 5.32 Å². The Labute approximate surface area is 114 Å². The van der Waals surface area contributed by atoms with Crippen LogP contribution in [0.2, 0.25) is 0 Å². The van der Waals surface area contributed by atoms with Crippen molar-refractivity contribution in [3.63, 3.8) is 0 Å². The summed E-state index contributed by atoms with van der Waals surface area (Å²) in [7, 11) is 0. The van der Waals surface area contributed by atoms with Crippen molar-refractivity contribution in [3.8, 4) is 5.75 Å². The molecule has 1 aliphatic rings. The zero-order valence-electron chi connectivity index (χ0n) is 11.3. The van der Waals surface area contributed by atoms with Gasteiger partial charge in [-0.15, -0.1) is 0 Å². The van der Waals surface area contributed by atoms with Crippen LogP contribution in [0.5, 0.6) is 5.75 Å². The Balaban J connectivity index is 1.78. The lowest BCUT2D eigenvalue weighted by Crippen LogP contribution is -2.33. The highest BCUT2D eigenvalue weighted by Gasteiger charge is 2.12. The number of thioether (sulfide) groups is 1. The van der Waals surface area contributed by atoms with E-state index in [1.165, 1.54) is 29.9 Å². The minimum Gasteiger partial charge on any atom is -0.491 e. The van der Waals surface area contributed by atoms with E-state index in [9.17, 15) is 0 Å². The molecule has 1 fully saturated rings. The molecule has 1 aromatic rings. The Morgan fingerprint density at radius 1 is 1.33 bits per heavy atom. The van der Waals surface area contributed by atoms with Crippen LogP contribution in [0.4, 0.5) is 0 Å². The molecule has 1 saturated heterocycles. The largest absolute Gasteiger partial charge is 0.491 e. The Morgan fingerprint density at radius 3 is 2.72 bits per heavy atom. The standard InChI is InChI=1S/C15H23NOS/c1-12(2)17-15-7-5-13(6-8-15)10-16-14-4-3-9-18-11-14/h5-8,12,14,16H,3-4,9-11H2,1-2H3. The quantitative estimate of drug-likeness (QED) is 0.881. The summed E-state index contributed by atoms with van der Waals surface area (Å²) in [6.45, 7) is 5.07. The molecule has 2 nitrogen and oxygen atoms in total. The van der Waals surface area contributed by atoms with Crippen LogP contribution in [0.1, 0.15) is 32.3 Å². The number of rotatable bonds is 5. The van der Waals surface area contributed by atoms with Gasteiger partial charge in [0.2, 0.25) is 0 Å². The average Bonchev–Trinajstić information content (AvgIpc) is 2.38. The van der Waals surface area contributed by atoms with Gasteiger partial charge in [0.15, 0.2) is 0 Å². The monoisotopic (exact) mass is 265 g/mol. The molecule has 0 aromatic heterocycles. The summed E-state index contributed by atoms with van der Waals surface area (Å²) in [5, 5.41) is 3.64. The topological polar surface area (TPSA) is 21.3 Å². The van der Waals surface area contributed by atoms with Gasteiger partial charge in [-0.05, 0) is 50.1 Å². The van der Waals surface area contributed by atoms with E-state index in [1.807, 2.05) is 0 Å². The lowest BCUT2D eigenvalue weighted by atomic mass is 10.1. The minimum absolute atomic E-state index is 0.244. The molecule has 18 heavy (non-hydrogen) atoms. The summed E-state index contributed by atoms with van der Waals surface area (Å²) in [6, 6.07) is 9.12. The number of ether oxygens (including phenoxy) is 1. The van der Waals surface area contributed by atoms with Crippen LogP contribution in [-0.4, -0.2) is 23.7 Å². The third-order valence-corrected chi connectivity index (χ3v) is 4.27. The van der Waals surface area contributed by atoms with Crippen molar-refractivity contribution >= 4 is 11.8 Å². The first kappa shape index (κ1) is 13.8. The molecule has 1 aliphatic heterocycles. The maximum absolute atomic E-state index is 5.64. The Morgan fingerprint density at radius 2 is 2.11 bits per heavy atom. The second-order valence-electron chi connectivity index (χ2n) is 5.11. The molecule has 2 rings (SSSR count). The number of benzene rings is 1. The Kier molecular flexibility index (Phi) is 5.39. The van der Waals surface area contributed by atoms with Crippen molar-refractivity contribution in [3.05, 3.63) is 29.8 Å². The van der Waals surface area contributed by atoms with Gasteiger partial charge in [0.1, 0.15) is 5.75 Å². The molecule has 1 aromatic carbocycles. The van der Waals surface area contributed by atoms with Crippen molar-refractivity contribution < 1.29 is 4.74 Å². The molecule has 1 unspecified atom stereocenters. The van der Waals surface area contributed by atoms with Gasteiger partial charge < -0.3 is 10.1 Å². The number of nitrogens with one attached hydrogen (secondary N) is 1. The lowest BCUT2D eigenvalue weighted by molar-refractivity contribution is 0.242. The Hall–Kier alpha value is -0.670. The van der Waals surface area contributed by atoms with Gasteiger partial charge in [0.05, 0.1) is 6.10 Å². The molecule has 0 bridgehead atoms. The van der Waals surface area contributed by atoms with Gasteiger partial charge in [-0.1, -0.05) is 12.1 Å². The SMILES string of the molecule is CC(C)Oc1ccc(CNC2CCCSC2)cc1. The summed E-state index contributed by atoms with van der Waals surface area (Å²) in [4.78, 5) is 0. The second-order valence-corrected chi connectivity index (χ2v) is 6.26. The predicted octanol–water partition coefficient (Wildman–Crippen LogP) is 3.46. The molecule has 0 spiro atoms. The maximum Gasteiger partial charge on any atom is 0.119 e. The lowest BCUT2D eigenvalue weighted by Gasteiger charge is -2.22. The molecule has 1 atom stereocenters. The van der Waals surface area contributed by atoms with E-state index in [-0.39, 0.29) is 6.10 Å². The molecule has 0 radical (unpaired) electrons. The summed E-state index contributed by atoms with van der Waals surface area (Å²) < 4.78 is 5.64. The molecular formula is C15H23NOS. The molecule has 0 aliphatic carbocycles. The van der Waals surface area contributed by atoms with Gasteiger partial charge in [-0.2, -0.15) is 11.8 Å². The summed E-state index contributed by atoms with van der Waals surface area (Å²) in [6.07, 6.45) is 2.92. The molecule has 3 heteroatoms. The van der Waals surface area contributed by atoms with E-state index >= 15 is 0 Å². The van der Waals surface area contributed by atoms with E-state index in [1.54, 1.807) is 0 Å². The zero-order chi connectivity index (χ0) is 12.8. The highest BCUT2D eigenvalue weighted by atomic mass is 32.2. The third kappa shape index (κ3) is 4.54. The van der Waals surface area contributed by atoms with Crippen molar-refractivity contribution in [2.45, 2.75) is 45.4 Å². The van der Waals surface area contributed by atoms with Crippen LogP contribution >= 0.6 is 11.8 Å². The highest BCUT2D eigenvalue weighted by molar-refractivity contribution is 7.99. The first-order chi connectivity index (χ1) is 8.74. The van der Waals surface area contributed by atoms with Crippen LogP contribution in [0.15, 0.2) is 24.3 Å². The van der Waals surface area contributed by atoms with Gasteiger partial charge in [-0.25, -0.2) is 0 Å². The molecule has 100 valence electrons. The van der Waals surface area contributed by atoms with E-state index in [2.05, 4.69) is 55.2 Å². The summed E-state index contributed by atoms with van der Waals surface area (Å²) in [5.74, 6) is 3.55. The molecule has 1 heterocycles. The van der Waals surface area contributed by atoms with Crippen molar-refractivity contribution in [2.24, 2.45) is 0 Å². The van der Waals surface area contributed by atoms with Gasteiger partial charge in [-0.3, -0.25) is 0 Å². The fraction of sp³-hybridized carbons (Fsp3) is 0.600. The number of hydrogen-bond donors (Lipinski definition) is 1.